The van der Waals surface area contributed by atoms with Crippen molar-refractivity contribution in [3.63, 3.8) is 0 Å². The predicted molar refractivity (Wildman–Crippen MR) is 64.2 cm³/mol. The van der Waals surface area contributed by atoms with Crippen LogP contribution in [0.2, 0.25) is 0 Å². The lowest BCUT2D eigenvalue weighted by Gasteiger charge is -2.31. The number of carboxylic acids is 1. The Morgan fingerprint density at radius 1 is 1.38 bits per heavy atom. The number of rotatable bonds is 3. The Morgan fingerprint density at radius 3 is 2.67 bits per heavy atom. The van der Waals surface area contributed by atoms with Crippen LogP contribution in [-0.4, -0.2) is 41.1 Å². The summed E-state index contributed by atoms with van der Waals surface area (Å²) in [7, 11) is 0. The molecule has 0 spiro atoms. The fourth-order valence-corrected chi connectivity index (χ4v) is 2.06. The van der Waals surface area contributed by atoms with Crippen LogP contribution >= 0.6 is 0 Å². The highest BCUT2D eigenvalue weighted by molar-refractivity contribution is 5.81. The summed E-state index contributed by atoms with van der Waals surface area (Å²) in [6.45, 7) is -1.03. The van der Waals surface area contributed by atoms with Crippen LogP contribution in [0.25, 0.3) is 0 Å². The number of amides is 1. The van der Waals surface area contributed by atoms with Gasteiger partial charge in [0, 0.05) is 6.54 Å². The zero-order valence-electron chi connectivity index (χ0n) is 10.8. The van der Waals surface area contributed by atoms with Gasteiger partial charge in [0.15, 0.2) is 6.10 Å². The maximum Gasteiger partial charge on any atom is 0.416 e. The van der Waals surface area contributed by atoms with Crippen LogP contribution in [0.1, 0.15) is 11.1 Å². The number of carbonyl (C=O) groups is 2. The highest BCUT2D eigenvalue weighted by atomic mass is 19.4. The van der Waals surface area contributed by atoms with Gasteiger partial charge in [-0.1, -0.05) is 18.2 Å². The molecule has 1 heterocycles. The zero-order valence-corrected chi connectivity index (χ0v) is 10.8. The van der Waals surface area contributed by atoms with Crippen molar-refractivity contribution in [2.75, 3.05) is 13.2 Å². The average Bonchev–Trinajstić information content (AvgIpc) is 2.40. The van der Waals surface area contributed by atoms with Crippen LogP contribution in [0.5, 0.6) is 0 Å². The van der Waals surface area contributed by atoms with Gasteiger partial charge in [0.05, 0.1) is 12.1 Å². The first-order valence-electron chi connectivity index (χ1n) is 6.06. The average molecular weight is 303 g/mol. The first-order chi connectivity index (χ1) is 9.79. The summed E-state index contributed by atoms with van der Waals surface area (Å²) in [6, 6.07) is 4.88. The van der Waals surface area contributed by atoms with E-state index in [1.807, 2.05) is 0 Å². The number of halogens is 3. The van der Waals surface area contributed by atoms with Crippen molar-refractivity contribution in [3.05, 3.63) is 35.4 Å². The molecular formula is C13H12F3NO4. The number of carboxylic acid groups (broad SMARTS) is 1. The molecule has 21 heavy (non-hydrogen) atoms. The zero-order chi connectivity index (χ0) is 15.6. The lowest BCUT2D eigenvalue weighted by Crippen LogP contribution is -2.49. The second kappa shape index (κ2) is 5.72. The van der Waals surface area contributed by atoms with E-state index >= 15 is 0 Å². The van der Waals surface area contributed by atoms with E-state index in [2.05, 4.69) is 0 Å². The van der Waals surface area contributed by atoms with Crippen LogP contribution in [0.15, 0.2) is 24.3 Å². The molecule has 5 nitrogen and oxygen atoms in total. The van der Waals surface area contributed by atoms with Crippen molar-refractivity contribution < 1.29 is 32.6 Å². The quantitative estimate of drug-likeness (QED) is 0.919. The first kappa shape index (κ1) is 15.3. The molecule has 2 rings (SSSR count). The topological polar surface area (TPSA) is 66.8 Å². The van der Waals surface area contributed by atoms with Crippen molar-refractivity contribution in [1.82, 2.24) is 4.90 Å². The maximum absolute atomic E-state index is 12.9. The first-order valence-corrected chi connectivity index (χ1v) is 6.06. The third kappa shape index (κ3) is 3.52. The molecule has 8 heteroatoms. The fraction of sp³-hybridized carbons (Fsp3) is 0.385. The Hall–Kier alpha value is -2.09. The molecule has 1 amide bonds. The van der Waals surface area contributed by atoms with Gasteiger partial charge in [0.2, 0.25) is 5.91 Å². The van der Waals surface area contributed by atoms with Crippen LogP contribution in [-0.2, 0) is 27.0 Å². The van der Waals surface area contributed by atoms with E-state index in [-0.39, 0.29) is 18.7 Å². The van der Waals surface area contributed by atoms with Crippen LogP contribution < -0.4 is 0 Å². The summed E-state index contributed by atoms with van der Waals surface area (Å²) in [6.07, 6.45) is -5.75. The van der Waals surface area contributed by atoms with Crippen molar-refractivity contribution in [2.45, 2.75) is 18.8 Å². The summed E-state index contributed by atoms with van der Waals surface area (Å²) in [5.41, 5.74) is -0.916. The van der Waals surface area contributed by atoms with E-state index in [1.54, 1.807) is 0 Å². The summed E-state index contributed by atoms with van der Waals surface area (Å²) in [5.74, 6) is -1.79. The molecule has 1 aromatic rings. The van der Waals surface area contributed by atoms with Gasteiger partial charge < -0.3 is 14.7 Å². The molecule has 1 unspecified atom stereocenters. The van der Waals surface area contributed by atoms with Gasteiger partial charge in [0.1, 0.15) is 6.61 Å². The number of hydrogen-bond donors (Lipinski definition) is 1. The lowest BCUT2D eigenvalue weighted by atomic mass is 10.1. The standard InChI is InChI=1S/C13H12F3NO4/c14-13(15,16)9-4-2-1-3-8(9)5-17-6-10(12(19)20)21-7-11(17)18/h1-4,10H,5-7H2,(H,19,20). The molecule has 0 radical (unpaired) electrons. The highest BCUT2D eigenvalue weighted by Gasteiger charge is 2.35. The van der Waals surface area contributed by atoms with E-state index < -0.39 is 36.3 Å². The number of alkyl halides is 3. The number of carbonyl (C=O) groups excluding carboxylic acids is 1. The van der Waals surface area contributed by atoms with Gasteiger partial charge in [0.25, 0.3) is 0 Å². The van der Waals surface area contributed by atoms with E-state index in [4.69, 9.17) is 9.84 Å². The summed E-state index contributed by atoms with van der Waals surface area (Å²) >= 11 is 0. The molecule has 0 aromatic heterocycles. The minimum absolute atomic E-state index is 0.0793. The normalized spacial score (nSPS) is 19.7. The molecule has 1 aliphatic rings. The second-order valence-electron chi connectivity index (χ2n) is 4.57. The number of nitrogens with zero attached hydrogens (tertiary/aromatic N) is 1. The third-order valence-corrected chi connectivity index (χ3v) is 3.11. The summed E-state index contributed by atoms with van der Waals surface area (Å²) in [5, 5.41) is 8.85. The van der Waals surface area contributed by atoms with Gasteiger partial charge in [-0.3, -0.25) is 4.79 Å². The van der Waals surface area contributed by atoms with Crippen molar-refractivity contribution in [1.29, 1.82) is 0 Å². The molecule has 1 saturated heterocycles. The monoisotopic (exact) mass is 303 g/mol. The number of morpholine rings is 1. The molecular weight excluding hydrogens is 291 g/mol. The molecule has 1 fully saturated rings. The molecule has 1 aliphatic heterocycles. The number of benzene rings is 1. The highest BCUT2D eigenvalue weighted by Crippen LogP contribution is 2.32. The van der Waals surface area contributed by atoms with Gasteiger partial charge in [-0.15, -0.1) is 0 Å². The molecule has 1 aromatic carbocycles. The van der Waals surface area contributed by atoms with Crippen LogP contribution in [0, 0.1) is 0 Å². The van der Waals surface area contributed by atoms with E-state index in [1.165, 1.54) is 18.2 Å². The molecule has 0 saturated carbocycles. The van der Waals surface area contributed by atoms with E-state index in [0.29, 0.717) is 0 Å². The minimum Gasteiger partial charge on any atom is -0.479 e. The van der Waals surface area contributed by atoms with Crippen molar-refractivity contribution >= 4 is 11.9 Å². The molecule has 114 valence electrons. The molecule has 1 atom stereocenters. The predicted octanol–water partition coefficient (Wildman–Crippen LogP) is 1.52. The Kier molecular flexibility index (Phi) is 4.17. The van der Waals surface area contributed by atoms with Crippen LogP contribution in [0.3, 0.4) is 0 Å². The second-order valence-corrected chi connectivity index (χ2v) is 4.57. The van der Waals surface area contributed by atoms with Gasteiger partial charge >= 0.3 is 12.1 Å². The number of ether oxygens (including phenoxy) is 1. The summed E-state index contributed by atoms with van der Waals surface area (Å²) < 4.78 is 43.5. The maximum atomic E-state index is 12.9. The minimum atomic E-state index is -4.53. The lowest BCUT2D eigenvalue weighted by molar-refractivity contribution is -0.165. The van der Waals surface area contributed by atoms with E-state index in [0.717, 1.165) is 11.0 Å². The molecule has 1 N–H and O–H groups in total. The molecule has 0 bridgehead atoms. The van der Waals surface area contributed by atoms with E-state index in [9.17, 15) is 22.8 Å². The number of hydrogen-bond acceptors (Lipinski definition) is 3. The molecule has 0 aliphatic carbocycles. The number of aliphatic carboxylic acids is 1. The Labute approximate surface area is 117 Å². The third-order valence-electron chi connectivity index (χ3n) is 3.11. The Bertz CT molecular complexity index is 559. The SMILES string of the molecule is O=C(O)C1CN(Cc2ccccc2C(F)(F)F)C(=O)CO1. The Morgan fingerprint density at radius 2 is 2.05 bits per heavy atom. The Balaban J connectivity index is 2.21. The van der Waals surface area contributed by atoms with Crippen molar-refractivity contribution in [2.24, 2.45) is 0 Å². The summed E-state index contributed by atoms with van der Waals surface area (Å²) in [4.78, 5) is 23.6. The van der Waals surface area contributed by atoms with Gasteiger partial charge in [-0.25, -0.2) is 4.79 Å². The van der Waals surface area contributed by atoms with Gasteiger partial charge in [-0.2, -0.15) is 13.2 Å². The van der Waals surface area contributed by atoms with Crippen LogP contribution in [0.4, 0.5) is 13.2 Å². The smallest absolute Gasteiger partial charge is 0.416 e. The largest absolute Gasteiger partial charge is 0.479 e. The fourth-order valence-electron chi connectivity index (χ4n) is 2.06. The van der Waals surface area contributed by atoms with Gasteiger partial charge in [-0.05, 0) is 11.6 Å². The van der Waals surface area contributed by atoms with Crippen molar-refractivity contribution in [3.8, 4) is 0 Å².